The normalized spacial score (nSPS) is 12.3. The summed E-state index contributed by atoms with van der Waals surface area (Å²) in [7, 11) is 4.60. The van der Waals surface area contributed by atoms with E-state index in [9.17, 15) is 9.59 Å². The average molecular weight is 323 g/mol. The summed E-state index contributed by atoms with van der Waals surface area (Å²) in [5.41, 5.74) is 0.775. The number of nitrogens with zero attached hydrogens (tertiary/aromatic N) is 1. The van der Waals surface area contributed by atoms with Gasteiger partial charge in [-0.2, -0.15) is 0 Å². The number of rotatable bonds is 5. The Morgan fingerprint density at radius 1 is 1.17 bits per heavy atom. The SMILES string of the molecule is COc1cc(C(C=O)N(C)C(=O)OC(C)(C)C)cc(OC)c1C. The zero-order valence-electron chi connectivity index (χ0n) is 14.8. The molecule has 0 saturated carbocycles. The molecular weight excluding hydrogens is 298 g/mol. The van der Waals surface area contributed by atoms with Gasteiger partial charge in [-0.15, -0.1) is 0 Å². The second-order valence-electron chi connectivity index (χ2n) is 6.22. The van der Waals surface area contributed by atoms with Crippen LogP contribution in [0.25, 0.3) is 0 Å². The Bertz CT molecular complexity index is 552. The molecule has 1 atom stereocenters. The molecular formula is C17H25NO5. The van der Waals surface area contributed by atoms with Crippen LogP contribution in [0.3, 0.4) is 0 Å². The zero-order valence-corrected chi connectivity index (χ0v) is 14.8. The summed E-state index contributed by atoms with van der Waals surface area (Å²) in [6, 6.07) is 2.64. The Morgan fingerprint density at radius 2 is 1.65 bits per heavy atom. The maximum atomic E-state index is 12.2. The summed E-state index contributed by atoms with van der Waals surface area (Å²) in [6.07, 6.45) is 0.112. The van der Waals surface area contributed by atoms with Gasteiger partial charge >= 0.3 is 6.09 Å². The van der Waals surface area contributed by atoms with Gasteiger partial charge in [0, 0.05) is 12.6 Å². The number of aldehydes is 1. The van der Waals surface area contributed by atoms with Gasteiger partial charge in [-0.05, 0) is 45.4 Å². The monoisotopic (exact) mass is 323 g/mol. The van der Waals surface area contributed by atoms with E-state index in [1.807, 2.05) is 6.92 Å². The number of benzene rings is 1. The number of likely N-dealkylation sites (N-methyl/N-ethyl adjacent to an activating group) is 1. The number of carbonyl (C=O) groups excluding carboxylic acids is 2. The molecule has 0 radical (unpaired) electrons. The Balaban J connectivity index is 3.19. The smallest absolute Gasteiger partial charge is 0.410 e. The summed E-state index contributed by atoms with van der Waals surface area (Å²) in [5.74, 6) is 1.17. The number of amides is 1. The van der Waals surface area contributed by atoms with Crippen molar-refractivity contribution in [1.82, 2.24) is 4.90 Å². The molecule has 0 bridgehead atoms. The van der Waals surface area contributed by atoms with E-state index in [1.54, 1.807) is 47.1 Å². The molecule has 1 aromatic rings. The predicted molar refractivity (Wildman–Crippen MR) is 87.1 cm³/mol. The van der Waals surface area contributed by atoms with E-state index in [-0.39, 0.29) is 0 Å². The third-order valence-electron chi connectivity index (χ3n) is 3.34. The van der Waals surface area contributed by atoms with Crippen LogP contribution in [0, 0.1) is 6.92 Å². The van der Waals surface area contributed by atoms with Crippen molar-refractivity contribution >= 4 is 12.4 Å². The highest BCUT2D eigenvalue weighted by Crippen LogP contribution is 2.33. The van der Waals surface area contributed by atoms with Crippen molar-refractivity contribution in [2.24, 2.45) is 0 Å². The van der Waals surface area contributed by atoms with Gasteiger partial charge in [-0.1, -0.05) is 0 Å². The fraction of sp³-hybridized carbons (Fsp3) is 0.529. The van der Waals surface area contributed by atoms with Crippen LogP contribution in [0.5, 0.6) is 11.5 Å². The van der Waals surface area contributed by atoms with E-state index in [2.05, 4.69) is 0 Å². The summed E-state index contributed by atoms with van der Waals surface area (Å²) in [4.78, 5) is 25.0. The summed E-state index contributed by atoms with van der Waals surface area (Å²) in [6.45, 7) is 7.17. The maximum Gasteiger partial charge on any atom is 0.410 e. The highest BCUT2D eigenvalue weighted by Gasteiger charge is 2.27. The lowest BCUT2D eigenvalue weighted by molar-refractivity contribution is -0.112. The van der Waals surface area contributed by atoms with Crippen LogP contribution in [-0.2, 0) is 9.53 Å². The van der Waals surface area contributed by atoms with Crippen LogP contribution in [-0.4, -0.2) is 44.1 Å². The van der Waals surface area contributed by atoms with Crippen LogP contribution in [0.2, 0.25) is 0 Å². The molecule has 0 spiro atoms. The van der Waals surface area contributed by atoms with Gasteiger partial charge < -0.3 is 19.0 Å². The first-order valence-corrected chi connectivity index (χ1v) is 7.28. The van der Waals surface area contributed by atoms with E-state index < -0.39 is 17.7 Å². The minimum absolute atomic E-state index is 0.576. The van der Waals surface area contributed by atoms with Crippen LogP contribution in [0.15, 0.2) is 12.1 Å². The fourth-order valence-corrected chi connectivity index (χ4v) is 2.12. The van der Waals surface area contributed by atoms with E-state index >= 15 is 0 Å². The van der Waals surface area contributed by atoms with E-state index in [4.69, 9.17) is 14.2 Å². The molecule has 128 valence electrons. The highest BCUT2D eigenvalue weighted by atomic mass is 16.6. The average Bonchev–Trinajstić information content (AvgIpc) is 2.47. The number of hydrogen-bond acceptors (Lipinski definition) is 5. The Kier molecular flexibility index (Phi) is 6.01. The van der Waals surface area contributed by atoms with Crippen LogP contribution in [0.1, 0.15) is 37.9 Å². The first-order chi connectivity index (χ1) is 10.6. The van der Waals surface area contributed by atoms with Crippen molar-refractivity contribution in [1.29, 1.82) is 0 Å². The molecule has 1 amide bonds. The molecule has 1 rings (SSSR count). The van der Waals surface area contributed by atoms with Crippen LogP contribution >= 0.6 is 0 Å². The Morgan fingerprint density at radius 3 is 2.00 bits per heavy atom. The molecule has 0 fully saturated rings. The molecule has 0 N–H and O–H groups in total. The standard InChI is InChI=1S/C17H25NO5/c1-11-14(21-6)8-12(9-15(11)22-7)13(10-19)18(5)16(20)23-17(2,3)4/h8-10,13H,1-7H3. The van der Waals surface area contributed by atoms with Gasteiger partial charge in [0.1, 0.15) is 29.4 Å². The fourth-order valence-electron chi connectivity index (χ4n) is 2.12. The lowest BCUT2D eigenvalue weighted by Gasteiger charge is -2.28. The van der Waals surface area contributed by atoms with E-state index in [1.165, 1.54) is 11.9 Å². The molecule has 0 aliphatic rings. The minimum atomic E-state index is -0.798. The Labute approximate surface area is 137 Å². The Hall–Kier alpha value is -2.24. The molecule has 0 aromatic heterocycles. The van der Waals surface area contributed by atoms with E-state index in [0.29, 0.717) is 23.3 Å². The van der Waals surface area contributed by atoms with Gasteiger partial charge in [0.2, 0.25) is 0 Å². The first kappa shape index (κ1) is 18.8. The number of hydrogen-bond donors (Lipinski definition) is 0. The van der Waals surface area contributed by atoms with Crippen molar-refractivity contribution in [3.63, 3.8) is 0 Å². The third kappa shape index (κ3) is 4.61. The molecule has 1 aromatic carbocycles. The van der Waals surface area contributed by atoms with Gasteiger partial charge in [-0.3, -0.25) is 4.90 Å². The molecule has 0 heterocycles. The van der Waals surface area contributed by atoms with Crippen molar-refractivity contribution in [3.8, 4) is 11.5 Å². The van der Waals surface area contributed by atoms with Crippen molar-refractivity contribution in [2.75, 3.05) is 21.3 Å². The second-order valence-corrected chi connectivity index (χ2v) is 6.22. The largest absolute Gasteiger partial charge is 0.496 e. The first-order valence-electron chi connectivity index (χ1n) is 7.28. The lowest BCUT2D eigenvalue weighted by Crippen LogP contribution is -2.37. The highest BCUT2D eigenvalue weighted by molar-refractivity contribution is 5.75. The number of ether oxygens (including phenoxy) is 3. The maximum absolute atomic E-state index is 12.2. The molecule has 6 nitrogen and oxygen atoms in total. The molecule has 0 saturated heterocycles. The molecule has 1 unspecified atom stereocenters. The van der Waals surface area contributed by atoms with Crippen LogP contribution in [0.4, 0.5) is 4.79 Å². The third-order valence-corrected chi connectivity index (χ3v) is 3.34. The molecule has 0 aliphatic carbocycles. The molecule has 6 heteroatoms. The van der Waals surface area contributed by atoms with Gasteiger partial charge in [-0.25, -0.2) is 4.79 Å². The lowest BCUT2D eigenvalue weighted by atomic mass is 10.0. The van der Waals surface area contributed by atoms with E-state index in [0.717, 1.165) is 5.56 Å². The van der Waals surface area contributed by atoms with Gasteiger partial charge in [0.05, 0.1) is 14.2 Å². The summed E-state index contributed by atoms with van der Waals surface area (Å²) < 4.78 is 15.9. The summed E-state index contributed by atoms with van der Waals surface area (Å²) >= 11 is 0. The number of methoxy groups -OCH3 is 2. The van der Waals surface area contributed by atoms with Gasteiger partial charge in [0.15, 0.2) is 0 Å². The topological polar surface area (TPSA) is 65.1 Å². The predicted octanol–water partition coefficient (Wildman–Crippen LogP) is 3.12. The summed E-state index contributed by atoms with van der Waals surface area (Å²) in [5, 5.41) is 0. The van der Waals surface area contributed by atoms with Crippen molar-refractivity contribution in [3.05, 3.63) is 23.3 Å². The second kappa shape index (κ2) is 7.35. The van der Waals surface area contributed by atoms with Crippen LogP contribution < -0.4 is 9.47 Å². The number of carbonyl (C=O) groups is 2. The quantitative estimate of drug-likeness (QED) is 0.779. The van der Waals surface area contributed by atoms with Gasteiger partial charge in [0.25, 0.3) is 0 Å². The molecule has 23 heavy (non-hydrogen) atoms. The molecule has 0 aliphatic heterocycles. The zero-order chi connectivity index (χ0) is 17.8. The minimum Gasteiger partial charge on any atom is -0.496 e. The van der Waals surface area contributed by atoms with Crippen molar-refractivity contribution < 1.29 is 23.8 Å². The van der Waals surface area contributed by atoms with Crippen molar-refractivity contribution in [2.45, 2.75) is 39.3 Å².